The number of aliphatic hydroxyl groups is 17. The molecule has 0 aromatic rings. The van der Waals surface area contributed by atoms with Gasteiger partial charge in [0.2, 0.25) is 23.6 Å². The van der Waals surface area contributed by atoms with Gasteiger partial charge in [0.1, 0.15) is 104 Å². The topological polar surface area (TPSA) is 665 Å². The van der Waals surface area contributed by atoms with Gasteiger partial charge in [0, 0.05) is 46.5 Å². The number of hydrogen-bond acceptors (Lipinski definition) is 34. The molecule has 5 aliphatic heterocycles. The molecule has 5 saturated heterocycles. The van der Waals surface area contributed by atoms with E-state index in [0.29, 0.717) is 12.8 Å². The first kappa shape index (κ1) is 111. The van der Waals surface area contributed by atoms with Crippen LogP contribution in [0, 0.1) is 0 Å². The molecule has 0 aromatic heterocycles. The van der Waals surface area contributed by atoms with E-state index < -0.39 is 283 Å². The van der Waals surface area contributed by atoms with E-state index in [9.17, 15) is 136 Å². The number of aliphatic hydroxyl groups excluding tert-OH is 17. The quantitative estimate of drug-likeness (QED) is 0.0258. The number of unbranched alkanes of at least 4 members (excludes halogenated alkanes) is 29. The highest BCUT2D eigenvalue weighted by Gasteiger charge is 2.64. The highest BCUT2D eigenvalue weighted by molar-refractivity contribution is 5.79. The Hall–Kier alpha value is -5.05. The van der Waals surface area contributed by atoms with E-state index >= 15 is 0 Å². The molecule has 4 amide bonds. The number of allylic oxidation sites excluding steroid dienone is 1. The molecule has 5 aliphatic rings. The van der Waals surface area contributed by atoms with Gasteiger partial charge >= 0.3 is 17.9 Å². The normalized spacial score (nSPS) is 32.1. The van der Waals surface area contributed by atoms with Crippen LogP contribution >= 0.6 is 0 Å². The van der Waals surface area contributed by atoms with Crippen molar-refractivity contribution in [2.45, 2.75) is 442 Å². The number of rotatable bonds is 63. The van der Waals surface area contributed by atoms with Crippen molar-refractivity contribution >= 4 is 41.5 Å². The minimum atomic E-state index is -3.58. The second kappa shape index (κ2) is 57.4. The molecule has 0 aromatic carbocycles. The average Bonchev–Trinajstić information content (AvgIpc) is 0.755. The number of nitrogens with one attached hydrogen (secondary N) is 4. The molecule has 0 bridgehead atoms. The summed E-state index contributed by atoms with van der Waals surface area (Å²) >= 11 is 0. The van der Waals surface area contributed by atoms with Gasteiger partial charge in [-0.25, -0.2) is 14.4 Å². The van der Waals surface area contributed by atoms with Crippen LogP contribution in [0.4, 0.5) is 0 Å². The molecule has 5 fully saturated rings. The molecule has 5 rings (SSSR count). The molecular formula is C85H150N4O37. The second-order valence-corrected chi connectivity index (χ2v) is 34.3. The zero-order chi connectivity index (χ0) is 93.4. The van der Waals surface area contributed by atoms with Crippen LogP contribution in [0.15, 0.2) is 12.2 Å². The van der Waals surface area contributed by atoms with Gasteiger partial charge in [0.05, 0.1) is 88.2 Å². The van der Waals surface area contributed by atoms with Crippen LogP contribution < -0.4 is 21.3 Å². The lowest BCUT2D eigenvalue weighted by Crippen LogP contribution is -2.72. The maximum absolute atomic E-state index is 13.8. The minimum absolute atomic E-state index is 0.123. The Kier molecular flexibility index (Phi) is 50.8. The van der Waals surface area contributed by atoms with Crippen molar-refractivity contribution < 1.29 is 183 Å². The van der Waals surface area contributed by atoms with Crippen molar-refractivity contribution in [3.8, 4) is 0 Å². The number of carbonyl (C=O) groups excluding carboxylic acids is 4. The molecule has 41 heteroatoms. The Bertz CT molecular complexity index is 3180. The van der Waals surface area contributed by atoms with Crippen molar-refractivity contribution in [3.63, 3.8) is 0 Å². The predicted octanol–water partition coefficient (Wildman–Crippen LogP) is -0.927. The molecule has 732 valence electrons. The molecule has 24 N–H and O–H groups in total. The molecule has 0 radical (unpaired) electrons. The van der Waals surface area contributed by atoms with E-state index in [1.165, 1.54) is 128 Å². The summed E-state index contributed by atoms with van der Waals surface area (Å²) in [5.74, 6) is -20.6. The fourth-order valence-corrected chi connectivity index (χ4v) is 16.8. The van der Waals surface area contributed by atoms with Gasteiger partial charge in [-0.2, -0.15) is 0 Å². The summed E-state index contributed by atoms with van der Waals surface area (Å²) in [4.78, 5) is 92.2. The Morgan fingerprint density at radius 1 is 0.429 bits per heavy atom. The van der Waals surface area contributed by atoms with E-state index in [0.717, 1.165) is 85.0 Å². The lowest BCUT2D eigenvalue weighted by molar-refractivity contribution is -0.388. The van der Waals surface area contributed by atoms with Gasteiger partial charge in [-0.15, -0.1) is 0 Å². The van der Waals surface area contributed by atoms with Crippen LogP contribution in [0.3, 0.4) is 0 Å². The highest BCUT2D eigenvalue weighted by atomic mass is 16.8. The summed E-state index contributed by atoms with van der Waals surface area (Å²) in [6, 6.07) is -7.03. The summed E-state index contributed by atoms with van der Waals surface area (Å²) in [5.41, 5.74) is 0. The van der Waals surface area contributed by atoms with Crippen LogP contribution in [-0.4, -0.2) is 366 Å². The first-order chi connectivity index (χ1) is 60.0. The van der Waals surface area contributed by atoms with Gasteiger partial charge < -0.3 is 171 Å². The van der Waals surface area contributed by atoms with Gasteiger partial charge in [-0.05, 0) is 19.3 Å². The van der Waals surface area contributed by atoms with Crippen LogP contribution in [0.25, 0.3) is 0 Å². The van der Waals surface area contributed by atoms with E-state index in [2.05, 4.69) is 35.1 Å². The fourth-order valence-electron chi connectivity index (χ4n) is 16.8. The number of aliphatic carboxylic acids is 3. The van der Waals surface area contributed by atoms with Crippen molar-refractivity contribution in [2.75, 3.05) is 39.6 Å². The molecule has 30 atom stereocenters. The largest absolute Gasteiger partial charge is 0.477 e. The molecule has 5 heterocycles. The Labute approximate surface area is 736 Å². The standard InChI is InChI=1S/C85H150N4O37/c1-6-8-10-12-14-16-18-20-21-22-23-24-25-27-29-31-33-35-37-39-62(103)89-52(53(98)38-36-34-32-30-28-26-19-17-15-13-11-9-7-2)48-117-78-71(109)70(108)73(61(47-94)119-78)120-79-72(110)77(67(105)58(44-91)118-79)126-85(82(115)116)42-56(101)65(88-51(5)97)76(125-85)69(107)60(46-93)122-84(81(113)114)41-55(100)64(87-50(4)96)75(124-84)68(106)59(45-92)121-83(80(111)112)40-54(99)63(86-49(3)95)74(123-83)66(104)57(102)43-90/h36,38,52-61,63-79,90-94,98-102,104-110H,6-35,37,39-48H2,1-5H3,(H,86,95)(H,87,96)(H,88,97)(H,89,103)(H,111,112)(H,113,114)(H,115,116)/b38-36+/t52-,53+,54-,55-,56-,57+,58+,59+,60+,61+,63+,64+,65+,66+,67-,68+,69+,70+,71+,72+,73+,74?,75?,76?,77-,78+,79-,83+,84+,85-/m0/s1. The first-order valence-electron chi connectivity index (χ1n) is 45.3. The Morgan fingerprint density at radius 2 is 0.794 bits per heavy atom. The Balaban J connectivity index is 1.33. The molecule has 0 saturated carbocycles. The fraction of sp³-hybridized carbons (Fsp3) is 0.894. The van der Waals surface area contributed by atoms with E-state index in [-0.39, 0.29) is 6.42 Å². The summed E-state index contributed by atoms with van der Waals surface area (Å²) in [7, 11) is 0. The van der Waals surface area contributed by atoms with Gasteiger partial charge in [0.15, 0.2) is 12.6 Å². The second-order valence-electron chi connectivity index (χ2n) is 34.3. The molecule has 126 heavy (non-hydrogen) atoms. The zero-order valence-corrected chi connectivity index (χ0v) is 73.6. The summed E-state index contributed by atoms with van der Waals surface area (Å²) in [6.07, 6.45) is -17.0. The lowest BCUT2D eigenvalue weighted by atomic mass is 9.86. The Morgan fingerprint density at radius 3 is 1.17 bits per heavy atom. The van der Waals surface area contributed by atoms with Gasteiger partial charge in [-0.1, -0.05) is 206 Å². The molecule has 3 unspecified atom stereocenters. The maximum atomic E-state index is 13.8. The van der Waals surface area contributed by atoms with Gasteiger partial charge in [-0.3, -0.25) is 19.2 Å². The number of carboxylic acids is 3. The number of amides is 4. The lowest BCUT2D eigenvalue weighted by Gasteiger charge is -2.51. The van der Waals surface area contributed by atoms with Crippen molar-refractivity contribution in [2.24, 2.45) is 0 Å². The van der Waals surface area contributed by atoms with Crippen LogP contribution in [0.2, 0.25) is 0 Å². The molecule has 41 nitrogen and oxygen atoms in total. The highest BCUT2D eigenvalue weighted by Crippen LogP contribution is 2.43. The van der Waals surface area contributed by atoms with Crippen LogP contribution in [0.1, 0.15) is 259 Å². The monoisotopic (exact) mass is 1820 g/mol. The number of carbonyl (C=O) groups is 7. The van der Waals surface area contributed by atoms with Crippen molar-refractivity contribution in [1.29, 1.82) is 0 Å². The third kappa shape index (κ3) is 33.9. The SMILES string of the molecule is CCCCCCCCCCCCC/C=C/[C@@H](O)[C@H](CO[C@@H]1O[C@H](CO)[C@@H](O[C@@H]2O[C@H](CO)[C@H](O)[C@H](O[C@]3(C(=O)O)C[C@H](O)[C@@H](NC(C)=O)C([C@H](O)[C@@H](CO)O[C@]4(C(=O)O)C[C@H](O)[C@@H](NC(C)=O)C([C@H](O)[C@@H](CO)O[C@]5(C(=O)O)C[C@H](O)[C@@H](NC(C)=O)C([C@H](O)[C@H](O)CO)O5)O4)O3)[C@H]2O)[C@H](O)[C@H]1O)NC(=O)CCCCCCCCCCCCCCCCCCCCC. The van der Waals surface area contributed by atoms with Gasteiger partial charge in [0.25, 0.3) is 17.4 Å². The van der Waals surface area contributed by atoms with Crippen molar-refractivity contribution in [1.82, 2.24) is 21.3 Å². The maximum Gasteiger partial charge on any atom is 0.364 e. The van der Waals surface area contributed by atoms with Crippen molar-refractivity contribution in [3.05, 3.63) is 12.2 Å². The minimum Gasteiger partial charge on any atom is -0.477 e. The smallest absolute Gasteiger partial charge is 0.364 e. The van der Waals surface area contributed by atoms with Crippen LogP contribution in [0.5, 0.6) is 0 Å². The average molecular weight is 1820 g/mol. The predicted molar refractivity (Wildman–Crippen MR) is 443 cm³/mol. The first-order valence-corrected chi connectivity index (χ1v) is 45.3. The zero-order valence-electron chi connectivity index (χ0n) is 73.6. The number of carboxylic acid groups (broad SMARTS) is 3. The van der Waals surface area contributed by atoms with E-state index in [4.69, 9.17) is 47.4 Å². The number of ether oxygens (including phenoxy) is 10. The third-order valence-electron chi connectivity index (χ3n) is 24.0. The summed E-state index contributed by atoms with van der Waals surface area (Å²) < 4.78 is 58.3. The number of hydrogen-bond donors (Lipinski definition) is 24. The molecule has 0 spiro atoms. The van der Waals surface area contributed by atoms with Crippen LogP contribution in [-0.2, 0) is 80.9 Å². The summed E-state index contributed by atoms with van der Waals surface area (Å²) in [6.45, 7) is -0.0554. The molecular weight excluding hydrogens is 1670 g/mol. The molecule has 0 aliphatic carbocycles. The third-order valence-corrected chi connectivity index (χ3v) is 24.0. The van der Waals surface area contributed by atoms with E-state index in [1.54, 1.807) is 6.08 Å². The van der Waals surface area contributed by atoms with E-state index in [1.807, 2.05) is 0 Å². The summed E-state index contributed by atoms with van der Waals surface area (Å²) in [5, 5.41) is 235.